The molecule has 1 saturated heterocycles. The number of pyridine rings is 1. The molecule has 2 N–H and O–H groups in total. The summed E-state index contributed by atoms with van der Waals surface area (Å²) in [6, 6.07) is 4.88. The van der Waals surface area contributed by atoms with Crippen LogP contribution in [0.5, 0.6) is 0 Å². The van der Waals surface area contributed by atoms with Gasteiger partial charge >= 0.3 is 0 Å². The molecule has 4 nitrogen and oxygen atoms in total. The van der Waals surface area contributed by atoms with Crippen LogP contribution in [0.2, 0.25) is 0 Å². The highest BCUT2D eigenvalue weighted by Crippen LogP contribution is 2.33. The number of piperidine rings is 1. The van der Waals surface area contributed by atoms with Crippen molar-refractivity contribution in [2.45, 2.75) is 24.9 Å². The Hall–Kier alpha value is -1.39. The summed E-state index contributed by atoms with van der Waals surface area (Å²) in [4.78, 5) is 6.91. The predicted molar refractivity (Wildman–Crippen MR) is 73.3 cm³/mol. The molecule has 2 aromatic rings. The Labute approximate surface area is 107 Å². The molecule has 0 spiro atoms. The van der Waals surface area contributed by atoms with E-state index in [1.807, 2.05) is 12.3 Å². The van der Waals surface area contributed by atoms with Gasteiger partial charge in [-0.2, -0.15) is 0 Å². The van der Waals surface area contributed by atoms with Gasteiger partial charge in [-0.3, -0.25) is 9.88 Å². The summed E-state index contributed by atoms with van der Waals surface area (Å²) < 4.78 is 2.17. The number of fused-ring (bicyclic) bond motifs is 1. The minimum absolute atomic E-state index is 0.314. The topological polar surface area (TPSA) is 47.1 Å². The summed E-state index contributed by atoms with van der Waals surface area (Å²) in [7, 11) is 4.24. The van der Waals surface area contributed by atoms with Crippen LogP contribution >= 0.6 is 0 Å². The molecule has 0 aromatic carbocycles. The summed E-state index contributed by atoms with van der Waals surface area (Å²) in [5, 5.41) is 0. The Morgan fingerprint density at radius 1 is 1.33 bits per heavy atom. The van der Waals surface area contributed by atoms with Gasteiger partial charge in [-0.25, -0.2) is 0 Å². The molecule has 2 unspecified atom stereocenters. The van der Waals surface area contributed by atoms with Gasteiger partial charge in [0.15, 0.2) is 0 Å². The molecule has 0 saturated carbocycles. The van der Waals surface area contributed by atoms with Crippen molar-refractivity contribution in [3.8, 4) is 0 Å². The van der Waals surface area contributed by atoms with Gasteiger partial charge in [0, 0.05) is 43.6 Å². The van der Waals surface area contributed by atoms with Crippen LogP contribution in [-0.4, -0.2) is 34.1 Å². The van der Waals surface area contributed by atoms with Crippen molar-refractivity contribution in [2.24, 2.45) is 12.8 Å². The maximum atomic E-state index is 6.02. The SMILES string of the molecule is CN1CC(N)CCC1c1cn(C)c2cccnc12. The van der Waals surface area contributed by atoms with Crippen LogP contribution in [0, 0.1) is 0 Å². The van der Waals surface area contributed by atoms with E-state index in [-0.39, 0.29) is 0 Å². The summed E-state index contributed by atoms with van der Waals surface area (Å²) in [6.45, 7) is 0.966. The van der Waals surface area contributed by atoms with Crippen LogP contribution in [0.25, 0.3) is 11.0 Å². The third-order valence-corrected chi connectivity index (χ3v) is 4.00. The maximum Gasteiger partial charge on any atom is 0.0928 e. The van der Waals surface area contributed by atoms with Crippen molar-refractivity contribution in [1.82, 2.24) is 14.5 Å². The van der Waals surface area contributed by atoms with Gasteiger partial charge in [-0.15, -0.1) is 0 Å². The lowest BCUT2D eigenvalue weighted by atomic mass is 9.94. The number of hydrogen-bond donors (Lipinski definition) is 1. The summed E-state index contributed by atoms with van der Waals surface area (Å²) >= 11 is 0. The zero-order chi connectivity index (χ0) is 12.7. The van der Waals surface area contributed by atoms with Crippen molar-refractivity contribution in [3.05, 3.63) is 30.1 Å². The molecule has 18 heavy (non-hydrogen) atoms. The van der Waals surface area contributed by atoms with Crippen molar-refractivity contribution >= 4 is 11.0 Å². The smallest absolute Gasteiger partial charge is 0.0928 e. The van der Waals surface area contributed by atoms with Gasteiger partial charge < -0.3 is 10.3 Å². The summed E-state index contributed by atoms with van der Waals surface area (Å²) in [5.41, 5.74) is 9.69. The minimum atomic E-state index is 0.314. The molecule has 0 radical (unpaired) electrons. The first-order valence-electron chi connectivity index (χ1n) is 6.52. The van der Waals surface area contributed by atoms with Crippen molar-refractivity contribution in [1.29, 1.82) is 0 Å². The third kappa shape index (κ3) is 1.82. The van der Waals surface area contributed by atoms with Crippen LogP contribution in [0.4, 0.5) is 0 Å². The first kappa shape index (κ1) is 11.7. The van der Waals surface area contributed by atoms with E-state index in [0.29, 0.717) is 12.1 Å². The van der Waals surface area contributed by atoms with Gasteiger partial charge in [0.25, 0.3) is 0 Å². The largest absolute Gasteiger partial charge is 0.349 e. The van der Waals surface area contributed by atoms with Crippen LogP contribution in [0.15, 0.2) is 24.5 Å². The van der Waals surface area contributed by atoms with E-state index in [4.69, 9.17) is 5.73 Å². The molecule has 2 aromatic heterocycles. The predicted octanol–water partition coefficient (Wildman–Crippen LogP) is 1.67. The number of hydrogen-bond acceptors (Lipinski definition) is 3. The molecule has 96 valence electrons. The first-order chi connectivity index (χ1) is 8.66. The van der Waals surface area contributed by atoms with Gasteiger partial charge in [-0.05, 0) is 32.0 Å². The van der Waals surface area contributed by atoms with Gasteiger partial charge in [0.2, 0.25) is 0 Å². The molecule has 4 heteroatoms. The van der Waals surface area contributed by atoms with Crippen LogP contribution < -0.4 is 5.73 Å². The van der Waals surface area contributed by atoms with Gasteiger partial charge in [0.1, 0.15) is 0 Å². The van der Waals surface area contributed by atoms with Crippen LogP contribution in [0.1, 0.15) is 24.4 Å². The van der Waals surface area contributed by atoms with Gasteiger partial charge in [-0.1, -0.05) is 0 Å². The lowest BCUT2D eigenvalue weighted by Crippen LogP contribution is -2.42. The Morgan fingerprint density at radius 2 is 2.17 bits per heavy atom. The Bertz CT molecular complexity index is 560. The van der Waals surface area contributed by atoms with E-state index >= 15 is 0 Å². The fraction of sp³-hybridized carbons (Fsp3) is 0.500. The van der Waals surface area contributed by atoms with E-state index < -0.39 is 0 Å². The maximum absolute atomic E-state index is 6.02. The second-order valence-electron chi connectivity index (χ2n) is 5.36. The molecule has 0 bridgehead atoms. The molecule has 3 rings (SSSR count). The lowest BCUT2D eigenvalue weighted by molar-refractivity contribution is 0.170. The standard InChI is InChI=1S/C14H20N4/c1-17-8-10(15)5-6-12(17)11-9-18(2)13-4-3-7-16-14(11)13/h3-4,7,9-10,12H,5-6,8,15H2,1-2H3. The second kappa shape index (κ2) is 4.37. The summed E-state index contributed by atoms with van der Waals surface area (Å²) in [6.07, 6.45) is 6.31. The number of nitrogens with two attached hydrogens (primary N) is 1. The molecule has 3 heterocycles. The van der Waals surface area contributed by atoms with E-state index in [1.54, 1.807) is 0 Å². The summed E-state index contributed by atoms with van der Waals surface area (Å²) in [5.74, 6) is 0. The number of nitrogens with zero attached hydrogens (tertiary/aromatic N) is 3. The highest BCUT2D eigenvalue weighted by molar-refractivity contribution is 5.80. The molecule has 1 aliphatic heterocycles. The Morgan fingerprint density at radius 3 is 2.94 bits per heavy atom. The molecule has 0 aliphatic carbocycles. The van der Waals surface area contributed by atoms with E-state index in [2.05, 4.69) is 40.8 Å². The van der Waals surface area contributed by atoms with Crippen LogP contribution in [0.3, 0.4) is 0 Å². The van der Waals surface area contributed by atoms with Crippen molar-refractivity contribution in [2.75, 3.05) is 13.6 Å². The molecular formula is C14H20N4. The van der Waals surface area contributed by atoms with E-state index in [1.165, 1.54) is 11.1 Å². The zero-order valence-electron chi connectivity index (χ0n) is 11.0. The fourth-order valence-electron chi connectivity index (χ4n) is 3.06. The van der Waals surface area contributed by atoms with Gasteiger partial charge in [0.05, 0.1) is 11.0 Å². The molecule has 0 amide bonds. The fourth-order valence-corrected chi connectivity index (χ4v) is 3.06. The van der Waals surface area contributed by atoms with Crippen molar-refractivity contribution in [3.63, 3.8) is 0 Å². The van der Waals surface area contributed by atoms with Crippen molar-refractivity contribution < 1.29 is 0 Å². The highest BCUT2D eigenvalue weighted by atomic mass is 15.2. The molecule has 2 atom stereocenters. The average molecular weight is 244 g/mol. The lowest BCUT2D eigenvalue weighted by Gasteiger charge is -2.35. The highest BCUT2D eigenvalue weighted by Gasteiger charge is 2.27. The van der Waals surface area contributed by atoms with Crippen LogP contribution in [-0.2, 0) is 7.05 Å². The zero-order valence-corrected chi connectivity index (χ0v) is 11.0. The first-order valence-corrected chi connectivity index (χ1v) is 6.52. The Kier molecular flexibility index (Phi) is 2.84. The minimum Gasteiger partial charge on any atom is -0.349 e. The number of aryl methyl sites for hydroxylation is 1. The second-order valence-corrected chi connectivity index (χ2v) is 5.36. The number of rotatable bonds is 1. The average Bonchev–Trinajstić information content (AvgIpc) is 2.68. The molecular weight excluding hydrogens is 224 g/mol. The quantitative estimate of drug-likeness (QED) is 0.830. The molecule has 1 aliphatic rings. The monoisotopic (exact) mass is 244 g/mol. The Balaban J connectivity index is 2.04. The number of aromatic nitrogens is 2. The van der Waals surface area contributed by atoms with E-state index in [9.17, 15) is 0 Å². The molecule has 1 fully saturated rings. The van der Waals surface area contributed by atoms with E-state index in [0.717, 1.165) is 24.9 Å². The normalized spacial score (nSPS) is 25.7. The number of likely N-dealkylation sites (tertiary alicyclic amines) is 1. The third-order valence-electron chi connectivity index (χ3n) is 4.00. The number of likely N-dealkylation sites (N-methyl/N-ethyl adjacent to an activating group) is 1.